The van der Waals surface area contributed by atoms with E-state index in [1.54, 1.807) is 0 Å². The summed E-state index contributed by atoms with van der Waals surface area (Å²) >= 11 is 0. The van der Waals surface area contributed by atoms with E-state index in [2.05, 4.69) is 23.2 Å². The molecular weight excluding hydrogens is 354 g/mol. The number of pyridine rings is 1. The third-order valence-electron chi connectivity index (χ3n) is 5.84. The van der Waals surface area contributed by atoms with Crippen LogP contribution in [0, 0.1) is 6.92 Å². The summed E-state index contributed by atoms with van der Waals surface area (Å²) in [6.45, 7) is 6.22. The highest BCUT2D eigenvalue weighted by Gasteiger charge is 2.21. The van der Waals surface area contributed by atoms with Gasteiger partial charge in [-0.25, -0.2) is 4.98 Å². The lowest BCUT2D eigenvalue weighted by atomic mass is 10.0. The molecule has 2 aromatic rings. The normalized spacial score (nSPS) is 16.5. The van der Waals surface area contributed by atoms with Crippen LogP contribution in [-0.4, -0.2) is 53.7 Å². The maximum atomic E-state index is 11.0. The van der Waals surface area contributed by atoms with Gasteiger partial charge in [0.25, 0.3) is 0 Å². The highest BCUT2D eigenvalue weighted by atomic mass is 16.5. The summed E-state index contributed by atoms with van der Waals surface area (Å²) in [5.41, 5.74) is 4.50. The van der Waals surface area contributed by atoms with Crippen molar-refractivity contribution in [3.05, 3.63) is 28.8 Å². The first kappa shape index (κ1) is 19.0. The van der Waals surface area contributed by atoms with Gasteiger partial charge in [-0.3, -0.25) is 4.79 Å². The number of aliphatic carboxylic acids is 1. The Bertz CT molecular complexity index is 875. The Kier molecular flexibility index (Phi) is 5.67. The second-order valence-electron chi connectivity index (χ2n) is 7.90. The van der Waals surface area contributed by atoms with Gasteiger partial charge in [0.05, 0.1) is 12.1 Å². The van der Waals surface area contributed by atoms with Gasteiger partial charge in [-0.05, 0) is 81.3 Å². The van der Waals surface area contributed by atoms with Gasteiger partial charge < -0.3 is 20.1 Å². The zero-order valence-electron chi connectivity index (χ0n) is 16.6. The fraction of sp³-hybridized carbons (Fsp3) is 0.545. The van der Waals surface area contributed by atoms with Crippen molar-refractivity contribution < 1.29 is 14.6 Å². The van der Waals surface area contributed by atoms with Crippen molar-refractivity contribution in [1.29, 1.82) is 0 Å². The van der Waals surface area contributed by atoms with Crippen molar-refractivity contribution in [3.8, 4) is 5.75 Å². The number of hydrogen-bond donors (Lipinski definition) is 2. The minimum Gasteiger partial charge on any atom is -0.493 e. The number of rotatable bonds is 8. The predicted molar refractivity (Wildman–Crippen MR) is 110 cm³/mol. The van der Waals surface area contributed by atoms with Crippen LogP contribution in [0.3, 0.4) is 0 Å². The largest absolute Gasteiger partial charge is 0.493 e. The zero-order valence-corrected chi connectivity index (χ0v) is 16.6. The van der Waals surface area contributed by atoms with E-state index in [4.69, 9.17) is 14.8 Å². The summed E-state index contributed by atoms with van der Waals surface area (Å²) in [6.07, 6.45) is 6.73. The molecule has 1 aromatic heterocycles. The number of nitrogens with one attached hydrogen (secondary N) is 1. The lowest BCUT2D eigenvalue weighted by molar-refractivity contribution is -0.134. The summed E-state index contributed by atoms with van der Waals surface area (Å²) in [7, 11) is 0. The summed E-state index contributed by atoms with van der Waals surface area (Å²) in [4.78, 5) is 18.2. The minimum absolute atomic E-state index is 0.114. The minimum atomic E-state index is -0.875. The molecular formula is C22H29N3O3. The van der Waals surface area contributed by atoms with Crippen LogP contribution in [0.4, 0.5) is 5.82 Å². The van der Waals surface area contributed by atoms with Crippen molar-refractivity contribution in [1.82, 2.24) is 9.88 Å². The number of likely N-dealkylation sites (tertiary alicyclic amines) is 1. The van der Waals surface area contributed by atoms with Gasteiger partial charge in [-0.15, -0.1) is 0 Å². The molecule has 150 valence electrons. The zero-order chi connectivity index (χ0) is 19.5. The molecule has 2 aliphatic rings. The quantitative estimate of drug-likeness (QED) is 0.681. The average Bonchev–Trinajstić information content (AvgIpc) is 3.36. The average molecular weight is 383 g/mol. The third kappa shape index (κ3) is 4.07. The molecule has 2 heterocycles. The van der Waals surface area contributed by atoms with E-state index in [9.17, 15) is 4.79 Å². The molecule has 2 N–H and O–H groups in total. The van der Waals surface area contributed by atoms with Crippen LogP contribution in [-0.2, 0) is 17.6 Å². The molecule has 6 nitrogen and oxygen atoms in total. The van der Waals surface area contributed by atoms with E-state index in [-0.39, 0.29) is 6.54 Å². The number of aryl methyl sites for hydroxylation is 2. The molecule has 0 radical (unpaired) electrons. The van der Waals surface area contributed by atoms with Crippen LogP contribution in [0.5, 0.6) is 5.75 Å². The second kappa shape index (κ2) is 8.35. The molecule has 4 rings (SSSR count). The van der Waals surface area contributed by atoms with Gasteiger partial charge in [0.15, 0.2) is 0 Å². The number of hydrogen-bond acceptors (Lipinski definition) is 5. The first-order valence-electron chi connectivity index (χ1n) is 10.4. The van der Waals surface area contributed by atoms with Crippen molar-refractivity contribution in [3.63, 3.8) is 0 Å². The second-order valence-corrected chi connectivity index (χ2v) is 7.90. The van der Waals surface area contributed by atoms with Crippen LogP contribution < -0.4 is 10.1 Å². The molecule has 0 bridgehead atoms. The summed E-state index contributed by atoms with van der Waals surface area (Å²) in [5.74, 6) is 0.717. The number of carboxylic acid groups (broad SMARTS) is 1. The van der Waals surface area contributed by atoms with E-state index >= 15 is 0 Å². The molecule has 1 saturated heterocycles. The van der Waals surface area contributed by atoms with Gasteiger partial charge in [0, 0.05) is 18.0 Å². The lowest BCUT2D eigenvalue weighted by Gasteiger charge is -2.17. The number of carboxylic acids is 1. The third-order valence-corrected chi connectivity index (χ3v) is 5.84. The Hall–Kier alpha value is -2.34. The molecule has 0 spiro atoms. The molecule has 0 saturated carbocycles. The summed E-state index contributed by atoms with van der Waals surface area (Å²) in [6, 6.07) is 4.20. The number of anilines is 1. The highest BCUT2D eigenvalue weighted by molar-refractivity contribution is 5.89. The van der Waals surface area contributed by atoms with Gasteiger partial charge in [0.2, 0.25) is 0 Å². The first-order chi connectivity index (χ1) is 13.6. The van der Waals surface area contributed by atoms with Crippen LogP contribution in [0.2, 0.25) is 0 Å². The van der Waals surface area contributed by atoms with Crippen LogP contribution >= 0.6 is 0 Å². The molecule has 0 unspecified atom stereocenters. The molecule has 0 amide bonds. The van der Waals surface area contributed by atoms with Crippen molar-refractivity contribution in [2.24, 2.45) is 0 Å². The lowest BCUT2D eigenvalue weighted by Crippen LogP contribution is -2.22. The van der Waals surface area contributed by atoms with E-state index in [1.807, 2.05) is 6.07 Å². The highest BCUT2D eigenvalue weighted by Crippen LogP contribution is 2.36. The van der Waals surface area contributed by atoms with Gasteiger partial charge in [-0.1, -0.05) is 0 Å². The molecule has 6 heteroatoms. The van der Waals surface area contributed by atoms with Gasteiger partial charge in [0.1, 0.15) is 18.1 Å². The number of nitrogens with zero attached hydrogens (tertiary/aromatic N) is 2. The van der Waals surface area contributed by atoms with Crippen molar-refractivity contribution >= 4 is 22.7 Å². The maximum absolute atomic E-state index is 11.0. The topological polar surface area (TPSA) is 74.7 Å². The smallest absolute Gasteiger partial charge is 0.322 e. The molecule has 0 atom stereocenters. The molecule has 1 fully saturated rings. The Morgan fingerprint density at radius 2 is 2.00 bits per heavy atom. The monoisotopic (exact) mass is 383 g/mol. The number of benzene rings is 1. The number of ether oxygens (including phenoxy) is 1. The molecule has 1 aliphatic heterocycles. The Balaban J connectivity index is 1.52. The summed E-state index contributed by atoms with van der Waals surface area (Å²) in [5, 5.41) is 13.2. The van der Waals surface area contributed by atoms with Gasteiger partial charge in [-0.2, -0.15) is 0 Å². The Morgan fingerprint density at radius 1 is 1.21 bits per heavy atom. The Morgan fingerprint density at radius 3 is 2.79 bits per heavy atom. The molecule has 28 heavy (non-hydrogen) atoms. The van der Waals surface area contributed by atoms with Crippen LogP contribution in [0.1, 0.15) is 42.4 Å². The van der Waals surface area contributed by atoms with Crippen LogP contribution in [0.25, 0.3) is 10.9 Å². The summed E-state index contributed by atoms with van der Waals surface area (Å²) < 4.78 is 6.08. The SMILES string of the molecule is Cc1cc2c3c(c(NCC(=O)O)nc2cc1OCCCN1CCCC1)CCC3. The van der Waals surface area contributed by atoms with E-state index < -0.39 is 5.97 Å². The first-order valence-corrected chi connectivity index (χ1v) is 10.4. The fourth-order valence-corrected chi connectivity index (χ4v) is 4.44. The van der Waals surface area contributed by atoms with E-state index in [0.29, 0.717) is 12.4 Å². The van der Waals surface area contributed by atoms with Gasteiger partial charge >= 0.3 is 5.97 Å². The number of fused-ring (bicyclic) bond motifs is 3. The number of aromatic nitrogens is 1. The van der Waals surface area contributed by atoms with Crippen molar-refractivity contribution in [2.45, 2.75) is 45.4 Å². The van der Waals surface area contributed by atoms with Crippen molar-refractivity contribution in [2.75, 3.05) is 38.1 Å². The standard InChI is InChI=1S/C22H29N3O3/c1-15-12-18-16-6-4-7-17(16)22(23-14-21(26)27)24-19(18)13-20(15)28-11-5-10-25-8-2-3-9-25/h12-13H,2-11,14H2,1H3,(H,23,24)(H,26,27). The van der Waals surface area contributed by atoms with E-state index in [0.717, 1.165) is 49.1 Å². The predicted octanol–water partition coefficient (Wildman–Crippen LogP) is 3.39. The molecule has 1 aromatic carbocycles. The van der Waals surface area contributed by atoms with Crippen LogP contribution in [0.15, 0.2) is 12.1 Å². The Labute approximate surface area is 165 Å². The van der Waals surface area contributed by atoms with E-state index in [1.165, 1.54) is 42.4 Å². The molecule has 1 aliphatic carbocycles. The fourth-order valence-electron chi connectivity index (χ4n) is 4.44. The maximum Gasteiger partial charge on any atom is 0.322 e. The number of carbonyl (C=O) groups is 1.